The van der Waals surface area contributed by atoms with Crippen molar-refractivity contribution in [3.05, 3.63) is 0 Å². The molecule has 0 aliphatic carbocycles. The van der Waals surface area contributed by atoms with Gasteiger partial charge < -0.3 is 9.90 Å². The first-order chi connectivity index (χ1) is 4.26. The number of carbonyl (C=O) groups excluding carboxylic acids is 1. The number of nitrogens with zero attached hydrogens (tertiary/aromatic N) is 1. The number of aliphatic hydroxyl groups excluding tert-OH is 1. The van der Waals surface area contributed by atoms with E-state index in [-0.39, 0.29) is 0 Å². The zero-order chi connectivity index (χ0) is 7.28. The summed E-state index contributed by atoms with van der Waals surface area (Å²) in [6.07, 6.45) is -0.214. The van der Waals surface area contributed by atoms with Crippen molar-refractivity contribution in [2.75, 3.05) is 0 Å². The lowest BCUT2D eigenvalue weighted by atomic mass is 10.0. The van der Waals surface area contributed by atoms with Gasteiger partial charge in [-0.25, -0.2) is 0 Å². The molecule has 0 aromatic rings. The average Bonchev–Trinajstić information content (AvgIpc) is 1.90. The van der Waals surface area contributed by atoms with Crippen molar-refractivity contribution in [2.24, 2.45) is 5.92 Å². The van der Waals surface area contributed by atoms with Crippen LogP contribution in [0.5, 0.6) is 0 Å². The fourth-order valence-electron chi connectivity index (χ4n) is 0.504. The van der Waals surface area contributed by atoms with Crippen molar-refractivity contribution in [3.8, 4) is 6.07 Å². The molecule has 2 unspecified atom stereocenters. The molecule has 0 amide bonds. The summed E-state index contributed by atoms with van der Waals surface area (Å²) in [5.74, 6) is -0.539. The molecule has 0 fully saturated rings. The minimum absolute atomic E-state index is 0.386. The summed E-state index contributed by atoms with van der Waals surface area (Å²) in [6, 6.07) is 1.82. The topological polar surface area (TPSA) is 61.1 Å². The Labute approximate surface area is 53.9 Å². The number of nitriles is 1. The molecule has 0 bridgehead atoms. The molecular formula is C6H9NO2. The van der Waals surface area contributed by atoms with Crippen molar-refractivity contribution in [3.63, 3.8) is 0 Å². The van der Waals surface area contributed by atoms with Gasteiger partial charge in [0.2, 0.25) is 0 Å². The largest absolute Gasteiger partial charge is 0.384 e. The number of hydrogen-bond donors (Lipinski definition) is 1. The molecule has 0 aliphatic heterocycles. The Morgan fingerprint density at radius 1 is 1.89 bits per heavy atom. The minimum Gasteiger partial charge on any atom is -0.384 e. The lowest BCUT2D eigenvalue weighted by Crippen LogP contribution is -2.19. The summed E-state index contributed by atoms with van der Waals surface area (Å²) in [4.78, 5) is 9.86. The van der Waals surface area contributed by atoms with Gasteiger partial charge in [-0.15, -0.1) is 0 Å². The van der Waals surface area contributed by atoms with Crippen molar-refractivity contribution >= 4 is 6.29 Å². The predicted octanol–water partition coefficient (Wildman–Crippen LogP) is 0.0960. The second kappa shape index (κ2) is 4.04. The van der Waals surface area contributed by atoms with E-state index in [1.807, 2.05) is 6.07 Å². The van der Waals surface area contributed by atoms with Crippen LogP contribution in [0.1, 0.15) is 13.3 Å². The lowest BCUT2D eigenvalue weighted by Gasteiger charge is -2.05. The summed E-state index contributed by atoms with van der Waals surface area (Å²) >= 11 is 0. The molecule has 0 heterocycles. The van der Waals surface area contributed by atoms with Crippen LogP contribution in [-0.2, 0) is 4.79 Å². The fourth-order valence-corrected chi connectivity index (χ4v) is 0.504. The third-order valence-corrected chi connectivity index (χ3v) is 1.16. The van der Waals surface area contributed by atoms with Crippen LogP contribution in [0.15, 0.2) is 0 Å². The summed E-state index contributed by atoms with van der Waals surface area (Å²) in [5, 5.41) is 17.0. The maximum Gasteiger partial charge on any atom is 0.149 e. The van der Waals surface area contributed by atoms with Crippen LogP contribution in [0.3, 0.4) is 0 Å². The number of aliphatic hydroxyl groups is 1. The van der Waals surface area contributed by atoms with Gasteiger partial charge in [0.25, 0.3) is 0 Å². The fraction of sp³-hybridized carbons (Fsp3) is 0.667. The standard InChI is InChI=1S/C6H9NO2/c1-2-5(3-7)6(9)4-8/h4-6,9H,2H2,1H3. The zero-order valence-corrected chi connectivity index (χ0v) is 5.24. The number of hydrogen-bond acceptors (Lipinski definition) is 3. The highest BCUT2D eigenvalue weighted by Gasteiger charge is 2.14. The van der Waals surface area contributed by atoms with Gasteiger partial charge in [0.05, 0.1) is 12.0 Å². The van der Waals surface area contributed by atoms with Crippen LogP contribution >= 0.6 is 0 Å². The molecule has 0 saturated heterocycles. The average molecular weight is 127 g/mol. The molecule has 0 radical (unpaired) electrons. The lowest BCUT2D eigenvalue weighted by molar-refractivity contribution is -0.116. The van der Waals surface area contributed by atoms with Crippen molar-refractivity contribution in [1.29, 1.82) is 5.26 Å². The summed E-state index contributed by atoms with van der Waals surface area (Å²) in [7, 11) is 0. The molecule has 3 heteroatoms. The Kier molecular flexibility index (Phi) is 3.65. The molecule has 0 aromatic heterocycles. The zero-order valence-electron chi connectivity index (χ0n) is 5.24. The maximum absolute atomic E-state index is 9.86. The third kappa shape index (κ3) is 2.24. The Morgan fingerprint density at radius 3 is 2.56 bits per heavy atom. The van der Waals surface area contributed by atoms with Crippen LogP contribution in [0.4, 0.5) is 0 Å². The van der Waals surface area contributed by atoms with Crippen molar-refractivity contribution in [1.82, 2.24) is 0 Å². The van der Waals surface area contributed by atoms with Gasteiger partial charge in [-0.05, 0) is 6.42 Å². The number of carbonyl (C=O) groups is 1. The van der Waals surface area contributed by atoms with Crippen LogP contribution < -0.4 is 0 Å². The molecule has 0 aliphatic rings. The second-order valence-corrected chi connectivity index (χ2v) is 1.77. The van der Waals surface area contributed by atoms with Crippen molar-refractivity contribution < 1.29 is 9.90 Å². The molecule has 0 saturated carbocycles. The molecule has 0 aromatic carbocycles. The van der Waals surface area contributed by atoms with E-state index in [9.17, 15) is 4.79 Å². The van der Waals surface area contributed by atoms with Gasteiger partial charge in [-0.1, -0.05) is 6.92 Å². The highest BCUT2D eigenvalue weighted by Crippen LogP contribution is 2.03. The number of aldehydes is 1. The van der Waals surface area contributed by atoms with E-state index in [1.54, 1.807) is 6.92 Å². The van der Waals surface area contributed by atoms with E-state index in [4.69, 9.17) is 10.4 Å². The third-order valence-electron chi connectivity index (χ3n) is 1.16. The van der Waals surface area contributed by atoms with Crippen LogP contribution in [0, 0.1) is 17.2 Å². The van der Waals surface area contributed by atoms with Gasteiger partial charge in [-0.3, -0.25) is 0 Å². The molecule has 0 rings (SSSR count). The SMILES string of the molecule is CCC(C#N)C(O)C=O. The number of rotatable bonds is 3. The monoisotopic (exact) mass is 127 g/mol. The van der Waals surface area contributed by atoms with Gasteiger partial charge in [0.15, 0.2) is 0 Å². The van der Waals surface area contributed by atoms with Gasteiger partial charge in [0, 0.05) is 0 Å². The van der Waals surface area contributed by atoms with Crippen LogP contribution in [0.2, 0.25) is 0 Å². The van der Waals surface area contributed by atoms with E-state index >= 15 is 0 Å². The smallest absolute Gasteiger partial charge is 0.149 e. The Bertz CT molecular complexity index is 128. The summed E-state index contributed by atoms with van der Waals surface area (Å²) < 4.78 is 0. The van der Waals surface area contributed by atoms with E-state index in [2.05, 4.69) is 0 Å². The molecule has 0 spiro atoms. The predicted molar refractivity (Wildman–Crippen MR) is 31.5 cm³/mol. The second-order valence-electron chi connectivity index (χ2n) is 1.77. The van der Waals surface area contributed by atoms with Crippen molar-refractivity contribution in [2.45, 2.75) is 19.4 Å². The van der Waals surface area contributed by atoms with E-state index in [0.717, 1.165) is 0 Å². The molecular weight excluding hydrogens is 118 g/mol. The summed E-state index contributed by atoms with van der Waals surface area (Å²) in [5.41, 5.74) is 0. The molecule has 3 nitrogen and oxygen atoms in total. The van der Waals surface area contributed by atoms with E-state index in [1.165, 1.54) is 0 Å². The van der Waals surface area contributed by atoms with Crippen LogP contribution in [0.25, 0.3) is 0 Å². The molecule has 50 valence electrons. The van der Waals surface area contributed by atoms with Gasteiger partial charge in [0.1, 0.15) is 12.4 Å². The maximum atomic E-state index is 9.86. The highest BCUT2D eigenvalue weighted by molar-refractivity contribution is 5.56. The Morgan fingerprint density at radius 2 is 2.44 bits per heavy atom. The Hall–Kier alpha value is -0.880. The quantitative estimate of drug-likeness (QED) is 0.547. The van der Waals surface area contributed by atoms with Crippen LogP contribution in [-0.4, -0.2) is 17.5 Å². The first-order valence-electron chi connectivity index (χ1n) is 2.79. The first-order valence-corrected chi connectivity index (χ1v) is 2.79. The van der Waals surface area contributed by atoms with Gasteiger partial charge >= 0.3 is 0 Å². The van der Waals surface area contributed by atoms with E-state index < -0.39 is 12.0 Å². The Balaban J connectivity index is 3.82. The van der Waals surface area contributed by atoms with E-state index in [0.29, 0.717) is 12.7 Å². The minimum atomic E-state index is -1.11. The molecule has 9 heavy (non-hydrogen) atoms. The summed E-state index contributed by atoms with van der Waals surface area (Å²) in [6.45, 7) is 1.75. The first kappa shape index (κ1) is 8.12. The highest BCUT2D eigenvalue weighted by atomic mass is 16.3. The van der Waals surface area contributed by atoms with Gasteiger partial charge in [-0.2, -0.15) is 5.26 Å². The normalized spacial score (nSPS) is 15.7. The molecule has 2 atom stereocenters. The molecule has 1 N–H and O–H groups in total.